The highest BCUT2D eigenvalue weighted by atomic mass is 35.5. The molecule has 5 heteroatoms. The minimum atomic E-state index is -0.558. The van der Waals surface area contributed by atoms with Crippen molar-refractivity contribution >= 4 is 23.2 Å². The van der Waals surface area contributed by atoms with Gasteiger partial charge in [0.2, 0.25) is 5.91 Å². The number of ether oxygens (including phenoxy) is 1. The van der Waals surface area contributed by atoms with E-state index in [4.69, 9.17) is 16.3 Å². The zero-order chi connectivity index (χ0) is 23.1. The molecular formula is C28H37ClN2O2. The van der Waals surface area contributed by atoms with Gasteiger partial charge in [0.25, 0.3) is 0 Å². The molecule has 1 heterocycles. The van der Waals surface area contributed by atoms with Crippen LogP contribution in [0, 0.1) is 5.92 Å². The molecule has 2 aromatic carbocycles. The van der Waals surface area contributed by atoms with E-state index in [1.165, 1.54) is 32.4 Å². The number of carbonyl (C=O) groups excluding carboxylic acids is 1. The van der Waals surface area contributed by atoms with Crippen LogP contribution < -0.4 is 10.1 Å². The van der Waals surface area contributed by atoms with Gasteiger partial charge in [0.15, 0.2) is 0 Å². The van der Waals surface area contributed by atoms with Gasteiger partial charge in [-0.25, -0.2) is 0 Å². The van der Waals surface area contributed by atoms with Gasteiger partial charge in [0, 0.05) is 23.8 Å². The highest BCUT2D eigenvalue weighted by Crippen LogP contribution is 2.43. The number of benzene rings is 2. The normalized spacial score (nSPS) is 20.8. The van der Waals surface area contributed by atoms with E-state index in [-0.39, 0.29) is 5.91 Å². The molecular weight excluding hydrogens is 432 g/mol. The number of hydrogen-bond donors (Lipinski definition) is 1. The molecule has 0 unspecified atom stereocenters. The lowest BCUT2D eigenvalue weighted by Gasteiger charge is -2.37. The lowest BCUT2D eigenvalue weighted by molar-refractivity contribution is -0.122. The molecule has 0 bridgehead atoms. The largest absolute Gasteiger partial charge is 0.494 e. The molecule has 178 valence electrons. The van der Waals surface area contributed by atoms with Crippen LogP contribution in [0.4, 0.5) is 5.69 Å². The van der Waals surface area contributed by atoms with Crippen LogP contribution in [0.25, 0.3) is 0 Å². The maximum absolute atomic E-state index is 13.5. The summed E-state index contributed by atoms with van der Waals surface area (Å²) in [5, 5.41) is 3.84. The van der Waals surface area contributed by atoms with Gasteiger partial charge in [-0.05, 0) is 80.5 Å². The van der Waals surface area contributed by atoms with Crippen molar-refractivity contribution < 1.29 is 9.53 Å². The molecule has 1 amide bonds. The molecule has 0 aromatic heterocycles. The second kappa shape index (κ2) is 11.4. The Hall–Kier alpha value is -2.04. The van der Waals surface area contributed by atoms with Gasteiger partial charge in [0.05, 0.1) is 12.0 Å². The number of nitrogens with one attached hydrogen (secondary N) is 1. The molecule has 4 rings (SSSR count). The average Bonchev–Trinajstić information content (AvgIpc) is 2.83. The number of likely N-dealkylation sites (tertiary alicyclic amines) is 1. The molecule has 1 aliphatic heterocycles. The third-order valence-electron chi connectivity index (χ3n) is 7.27. The number of hydrogen-bond acceptors (Lipinski definition) is 3. The Kier molecular flexibility index (Phi) is 8.32. The second-order valence-electron chi connectivity index (χ2n) is 9.85. The molecule has 4 nitrogen and oxygen atoms in total. The van der Waals surface area contributed by atoms with E-state index in [2.05, 4.69) is 17.1 Å². The molecule has 1 aliphatic carbocycles. The van der Waals surface area contributed by atoms with Crippen LogP contribution >= 0.6 is 11.6 Å². The van der Waals surface area contributed by atoms with Crippen LogP contribution in [-0.4, -0.2) is 37.0 Å². The SMILES string of the molecule is C[C@@H]1CCCN(CCCOc2ccc(NC(=O)C3(c4ccccc4Cl)CCCCC3)cc2)C1. The minimum absolute atomic E-state index is 0.0414. The van der Waals surface area contributed by atoms with Gasteiger partial charge in [-0.2, -0.15) is 0 Å². The smallest absolute Gasteiger partial charge is 0.235 e. The van der Waals surface area contributed by atoms with E-state index in [0.29, 0.717) is 11.6 Å². The number of rotatable bonds is 8. The molecule has 2 fully saturated rings. The lowest BCUT2D eigenvalue weighted by Crippen LogP contribution is -2.42. The van der Waals surface area contributed by atoms with Gasteiger partial charge in [-0.1, -0.05) is 56.0 Å². The molecule has 1 saturated carbocycles. The van der Waals surface area contributed by atoms with Crippen molar-refractivity contribution in [1.29, 1.82) is 0 Å². The van der Waals surface area contributed by atoms with Crippen molar-refractivity contribution in [2.45, 2.75) is 63.7 Å². The summed E-state index contributed by atoms with van der Waals surface area (Å²) in [6, 6.07) is 15.6. The van der Waals surface area contributed by atoms with Crippen LogP contribution in [0.15, 0.2) is 48.5 Å². The average molecular weight is 469 g/mol. The maximum Gasteiger partial charge on any atom is 0.235 e. The van der Waals surface area contributed by atoms with Crippen molar-refractivity contribution in [3.05, 3.63) is 59.1 Å². The quantitative estimate of drug-likeness (QED) is 0.439. The van der Waals surface area contributed by atoms with Crippen LogP contribution in [0.5, 0.6) is 5.75 Å². The van der Waals surface area contributed by atoms with Crippen molar-refractivity contribution in [2.24, 2.45) is 5.92 Å². The van der Waals surface area contributed by atoms with Gasteiger partial charge >= 0.3 is 0 Å². The Balaban J connectivity index is 1.32. The number of carbonyl (C=O) groups is 1. The highest BCUT2D eigenvalue weighted by molar-refractivity contribution is 6.31. The van der Waals surface area contributed by atoms with Gasteiger partial charge in [-0.15, -0.1) is 0 Å². The fourth-order valence-corrected chi connectivity index (χ4v) is 5.79. The first-order chi connectivity index (χ1) is 16.1. The Labute approximate surface area is 203 Å². The summed E-state index contributed by atoms with van der Waals surface area (Å²) in [5.74, 6) is 1.70. The van der Waals surface area contributed by atoms with E-state index in [0.717, 1.165) is 61.6 Å². The molecule has 0 radical (unpaired) electrons. The molecule has 2 aliphatic rings. The second-order valence-corrected chi connectivity index (χ2v) is 10.3. The molecule has 0 spiro atoms. The topological polar surface area (TPSA) is 41.6 Å². The third-order valence-corrected chi connectivity index (χ3v) is 7.60. The summed E-state index contributed by atoms with van der Waals surface area (Å²) in [4.78, 5) is 16.1. The van der Waals surface area contributed by atoms with Crippen LogP contribution in [-0.2, 0) is 10.2 Å². The van der Waals surface area contributed by atoms with Crippen LogP contribution in [0.3, 0.4) is 0 Å². The standard InChI is InChI=1S/C28H37ClN2O2/c1-22-9-7-18-31(21-22)19-8-20-33-24-14-12-23(13-15-24)30-27(32)28(16-5-2-6-17-28)25-10-3-4-11-26(25)29/h3-4,10-15,22H,2,5-9,16-21H2,1H3,(H,30,32)/t22-/m1/s1. The minimum Gasteiger partial charge on any atom is -0.494 e. The van der Waals surface area contributed by atoms with Gasteiger partial charge < -0.3 is 15.0 Å². The first kappa shape index (κ1) is 24.1. The third kappa shape index (κ3) is 6.10. The van der Waals surface area contributed by atoms with E-state index >= 15 is 0 Å². The van der Waals surface area contributed by atoms with E-state index in [9.17, 15) is 4.79 Å². The predicted octanol–water partition coefficient (Wildman–Crippen LogP) is 6.68. The highest BCUT2D eigenvalue weighted by Gasteiger charge is 2.42. The monoisotopic (exact) mass is 468 g/mol. The van der Waals surface area contributed by atoms with Crippen LogP contribution in [0.1, 0.15) is 63.9 Å². The number of halogens is 1. The summed E-state index contributed by atoms with van der Waals surface area (Å²) in [5.41, 5.74) is 1.19. The zero-order valence-electron chi connectivity index (χ0n) is 19.8. The van der Waals surface area contributed by atoms with Crippen molar-refractivity contribution in [2.75, 3.05) is 31.6 Å². The van der Waals surface area contributed by atoms with E-state index < -0.39 is 5.41 Å². The Bertz CT molecular complexity index is 908. The number of anilines is 1. The molecule has 1 atom stereocenters. The fourth-order valence-electron chi connectivity index (χ4n) is 5.48. The lowest BCUT2D eigenvalue weighted by atomic mass is 9.68. The summed E-state index contributed by atoms with van der Waals surface area (Å²) >= 11 is 6.53. The van der Waals surface area contributed by atoms with Crippen molar-refractivity contribution in [3.8, 4) is 5.75 Å². The summed E-state index contributed by atoms with van der Waals surface area (Å²) in [7, 11) is 0. The molecule has 1 saturated heterocycles. The number of amides is 1. The van der Waals surface area contributed by atoms with Gasteiger partial charge in [0.1, 0.15) is 5.75 Å². The van der Waals surface area contributed by atoms with Crippen molar-refractivity contribution in [3.63, 3.8) is 0 Å². The number of piperidine rings is 1. The first-order valence-electron chi connectivity index (χ1n) is 12.6. The van der Waals surface area contributed by atoms with E-state index in [1.807, 2.05) is 48.5 Å². The fraction of sp³-hybridized carbons (Fsp3) is 0.536. The summed E-state index contributed by atoms with van der Waals surface area (Å²) in [6.07, 6.45) is 8.62. The Morgan fingerprint density at radius 3 is 2.58 bits per heavy atom. The number of nitrogens with zero attached hydrogens (tertiary/aromatic N) is 1. The van der Waals surface area contributed by atoms with E-state index in [1.54, 1.807) is 0 Å². The van der Waals surface area contributed by atoms with Crippen molar-refractivity contribution in [1.82, 2.24) is 4.90 Å². The molecule has 1 N–H and O–H groups in total. The molecule has 33 heavy (non-hydrogen) atoms. The van der Waals surface area contributed by atoms with Crippen LogP contribution in [0.2, 0.25) is 5.02 Å². The Morgan fingerprint density at radius 2 is 1.85 bits per heavy atom. The first-order valence-corrected chi connectivity index (χ1v) is 13.0. The summed E-state index contributed by atoms with van der Waals surface area (Å²) < 4.78 is 5.95. The zero-order valence-corrected chi connectivity index (χ0v) is 20.6. The maximum atomic E-state index is 13.5. The summed E-state index contributed by atoms with van der Waals surface area (Å²) in [6.45, 7) is 6.58. The Morgan fingerprint density at radius 1 is 1.09 bits per heavy atom. The van der Waals surface area contributed by atoms with Gasteiger partial charge in [-0.3, -0.25) is 4.79 Å². The predicted molar refractivity (Wildman–Crippen MR) is 136 cm³/mol. The molecule has 2 aromatic rings.